The summed E-state index contributed by atoms with van der Waals surface area (Å²) in [6.07, 6.45) is 3.73. The number of nitrogens with one attached hydrogen (secondary N) is 1. The normalized spacial score (nSPS) is 15.7. The van der Waals surface area contributed by atoms with Crippen molar-refractivity contribution in [1.29, 1.82) is 0 Å². The molecule has 1 aliphatic rings. The lowest BCUT2D eigenvalue weighted by Crippen LogP contribution is -2.35. The average molecular weight is 409 g/mol. The topological polar surface area (TPSA) is 41.6 Å². The van der Waals surface area contributed by atoms with Crippen LogP contribution in [0.1, 0.15) is 56.7 Å². The van der Waals surface area contributed by atoms with Crippen molar-refractivity contribution in [2.75, 3.05) is 20.1 Å². The monoisotopic (exact) mass is 408 g/mol. The summed E-state index contributed by atoms with van der Waals surface area (Å²) in [5.41, 5.74) is 3.77. The second kappa shape index (κ2) is 10.1. The van der Waals surface area contributed by atoms with Gasteiger partial charge in [-0.2, -0.15) is 0 Å². The summed E-state index contributed by atoms with van der Waals surface area (Å²) in [6, 6.07) is 16.7. The molecule has 3 rings (SSSR count). The molecule has 0 bridgehead atoms. The number of carbonyl (C=O) groups excluding carboxylic acids is 1. The van der Waals surface area contributed by atoms with Crippen molar-refractivity contribution in [2.24, 2.45) is 0 Å². The fraction of sp³-hybridized carbons (Fsp3) is 0.500. The molecule has 1 N–H and O–H groups in total. The Kier molecular flexibility index (Phi) is 7.54. The van der Waals surface area contributed by atoms with Crippen molar-refractivity contribution >= 4 is 5.91 Å². The Morgan fingerprint density at radius 1 is 1.00 bits per heavy atom. The van der Waals surface area contributed by atoms with Gasteiger partial charge >= 0.3 is 0 Å². The van der Waals surface area contributed by atoms with E-state index in [0.717, 1.165) is 43.7 Å². The Balaban J connectivity index is 1.39. The van der Waals surface area contributed by atoms with E-state index in [4.69, 9.17) is 4.74 Å². The van der Waals surface area contributed by atoms with Crippen LogP contribution in [0.4, 0.5) is 0 Å². The smallest absolute Gasteiger partial charge is 0.220 e. The highest BCUT2D eigenvalue weighted by atomic mass is 16.5. The number of amides is 1. The number of hydrogen-bond donors (Lipinski definition) is 1. The molecule has 4 nitrogen and oxygen atoms in total. The minimum Gasteiger partial charge on any atom is -0.490 e. The summed E-state index contributed by atoms with van der Waals surface area (Å²) >= 11 is 0. The molecule has 1 aliphatic heterocycles. The molecule has 0 radical (unpaired) electrons. The first-order valence-corrected chi connectivity index (χ1v) is 11.1. The molecule has 0 aliphatic carbocycles. The summed E-state index contributed by atoms with van der Waals surface area (Å²) < 4.78 is 6.09. The fourth-order valence-corrected chi connectivity index (χ4v) is 3.70. The summed E-state index contributed by atoms with van der Waals surface area (Å²) in [7, 11) is 2.15. The van der Waals surface area contributed by atoms with Crippen LogP contribution in [0.2, 0.25) is 0 Å². The predicted octanol–water partition coefficient (Wildman–Crippen LogP) is 4.71. The van der Waals surface area contributed by atoms with Crippen LogP contribution >= 0.6 is 0 Å². The van der Waals surface area contributed by atoms with Gasteiger partial charge < -0.3 is 15.0 Å². The van der Waals surface area contributed by atoms with Crippen LogP contribution in [0.25, 0.3) is 0 Å². The van der Waals surface area contributed by atoms with Crippen LogP contribution in [0.15, 0.2) is 48.5 Å². The first-order chi connectivity index (χ1) is 14.3. The number of likely N-dealkylation sites (tertiary alicyclic amines) is 1. The Bertz CT molecular complexity index is 798. The highest BCUT2D eigenvalue weighted by Crippen LogP contribution is 2.22. The van der Waals surface area contributed by atoms with E-state index in [1.54, 1.807) is 0 Å². The number of benzene rings is 2. The van der Waals surface area contributed by atoms with Gasteiger partial charge in [0.05, 0.1) is 0 Å². The lowest BCUT2D eigenvalue weighted by Gasteiger charge is -2.29. The van der Waals surface area contributed by atoms with Gasteiger partial charge in [-0.25, -0.2) is 0 Å². The third-order valence-corrected chi connectivity index (χ3v) is 5.84. The van der Waals surface area contributed by atoms with Crippen LogP contribution in [0.5, 0.6) is 5.75 Å². The number of nitrogens with zero attached hydrogens (tertiary/aromatic N) is 1. The maximum atomic E-state index is 12.2. The van der Waals surface area contributed by atoms with Gasteiger partial charge in [-0.1, -0.05) is 57.2 Å². The van der Waals surface area contributed by atoms with E-state index in [0.29, 0.717) is 19.1 Å². The summed E-state index contributed by atoms with van der Waals surface area (Å²) in [4.78, 5) is 14.6. The molecule has 0 saturated carbocycles. The summed E-state index contributed by atoms with van der Waals surface area (Å²) in [5, 5.41) is 3.03. The molecule has 0 spiro atoms. The van der Waals surface area contributed by atoms with Gasteiger partial charge in [0.15, 0.2) is 0 Å². The summed E-state index contributed by atoms with van der Waals surface area (Å²) in [5.74, 6) is 1.000. The zero-order valence-corrected chi connectivity index (χ0v) is 18.9. The molecule has 0 aromatic heterocycles. The van der Waals surface area contributed by atoms with Crippen LogP contribution < -0.4 is 10.1 Å². The lowest BCUT2D eigenvalue weighted by molar-refractivity contribution is -0.121. The molecule has 2 aromatic carbocycles. The van der Waals surface area contributed by atoms with Crippen molar-refractivity contribution in [3.63, 3.8) is 0 Å². The predicted molar refractivity (Wildman–Crippen MR) is 123 cm³/mol. The van der Waals surface area contributed by atoms with Crippen molar-refractivity contribution in [3.8, 4) is 5.75 Å². The second-order valence-electron chi connectivity index (χ2n) is 9.49. The van der Waals surface area contributed by atoms with Gasteiger partial charge in [0.2, 0.25) is 5.91 Å². The third kappa shape index (κ3) is 6.88. The van der Waals surface area contributed by atoms with E-state index in [9.17, 15) is 4.79 Å². The quantitative estimate of drug-likeness (QED) is 0.722. The molecular weight excluding hydrogens is 372 g/mol. The molecule has 0 atom stereocenters. The highest BCUT2D eigenvalue weighted by Gasteiger charge is 2.18. The maximum Gasteiger partial charge on any atom is 0.220 e. The van der Waals surface area contributed by atoms with Gasteiger partial charge in [0, 0.05) is 26.1 Å². The number of ether oxygens (including phenoxy) is 1. The van der Waals surface area contributed by atoms with E-state index in [1.165, 1.54) is 11.1 Å². The number of hydrogen-bond acceptors (Lipinski definition) is 3. The van der Waals surface area contributed by atoms with Crippen molar-refractivity contribution < 1.29 is 9.53 Å². The second-order valence-corrected chi connectivity index (χ2v) is 9.49. The highest BCUT2D eigenvalue weighted by molar-refractivity contribution is 5.76. The Morgan fingerprint density at radius 2 is 1.60 bits per heavy atom. The molecule has 162 valence electrons. The van der Waals surface area contributed by atoms with Crippen molar-refractivity contribution in [2.45, 2.75) is 64.5 Å². The zero-order chi connectivity index (χ0) is 21.6. The van der Waals surface area contributed by atoms with E-state index < -0.39 is 0 Å². The minimum absolute atomic E-state index is 0.0848. The molecule has 30 heavy (non-hydrogen) atoms. The van der Waals surface area contributed by atoms with Gasteiger partial charge in [-0.15, -0.1) is 0 Å². The summed E-state index contributed by atoms with van der Waals surface area (Å²) in [6.45, 7) is 9.37. The Labute approximate surface area is 181 Å². The minimum atomic E-state index is 0.0848. The van der Waals surface area contributed by atoms with Gasteiger partial charge in [-0.3, -0.25) is 4.79 Å². The molecule has 2 aromatic rings. The van der Waals surface area contributed by atoms with E-state index >= 15 is 0 Å². The van der Waals surface area contributed by atoms with E-state index in [-0.39, 0.29) is 11.3 Å². The molecule has 1 heterocycles. The molecule has 0 unspecified atom stereocenters. The van der Waals surface area contributed by atoms with Crippen LogP contribution in [-0.4, -0.2) is 37.0 Å². The number of piperidine rings is 1. The first kappa shape index (κ1) is 22.4. The zero-order valence-electron chi connectivity index (χ0n) is 18.9. The Hall–Kier alpha value is -2.33. The largest absolute Gasteiger partial charge is 0.490 e. The van der Waals surface area contributed by atoms with Gasteiger partial charge in [-0.05, 0) is 60.5 Å². The third-order valence-electron chi connectivity index (χ3n) is 5.84. The first-order valence-electron chi connectivity index (χ1n) is 11.1. The van der Waals surface area contributed by atoms with Gasteiger partial charge in [0.1, 0.15) is 11.9 Å². The number of aryl methyl sites for hydroxylation is 1. The number of carbonyl (C=O) groups is 1. The Morgan fingerprint density at radius 3 is 2.20 bits per heavy atom. The average Bonchev–Trinajstić information content (AvgIpc) is 2.73. The van der Waals surface area contributed by atoms with E-state index in [2.05, 4.69) is 62.3 Å². The molecule has 1 amide bonds. The maximum absolute atomic E-state index is 12.2. The molecule has 1 saturated heterocycles. The van der Waals surface area contributed by atoms with Crippen LogP contribution in [0.3, 0.4) is 0 Å². The number of rotatable bonds is 7. The molecule has 1 fully saturated rings. The van der Waals surface area contributed by atoms with E-state index in [1.807, 2.05) is 24.3 Å². The fourth-order valence-electron chi connectivity index (χ4n) is 3.70. The van der Waals surface area contributed by atoms with Crippen molar-refractivity contribution in [1.82, 2.24) is 10.2 Å². The van der Waals surface area contributed by atoms with Crippen LogP contribution in [-0.2, 0) is 23.2 Å². The van der Waals surface area contributed by atoms with Crippen LogP contribution in [0, 0.1) is 0 Å². The lowest BCUT2D eigenvalue weighted by atomic mass is 9.86. The SMILES string of the molecule is CN1CCC(Oc2ccc(CNC(=O)CCc3ccc(C(C)(C)C)cc3)cc2)CC1. The van der Waals surface area contributed by atoms with Crippen molar-refractivity contribution in [3.05, 3.63) is 65.2 Å². The standard InChI is InChI=1S/C26H36N2O2/c1-26(2,3)22-10-5-20(6-11-22)9-14-25(29)27-19-21-7-12-23(13-8-21)30-24-15-17-28(4)18-16-24/h5-8,10-13,24H,9,14-19H2,1-4H3,(H,27,29). The molecule has 4 heteroatoms. The molecular formula is C26H36N2O2. The van der Waals surface area contributed by atoms with Gasteiger partial charge in [0.25, 0.3) is 0 Å².